The molecule has 2 heterocycles. The van der Waals surface area contributed by atoms with Gasteiger partial charge in [-0.15, -0.1) is 0 Å². The summed E-state index contributed by atoms with van der Waals surface area (Å²) in [7, 11) is 0. The SMILES string of the molecule is Nc1ccnc(NCC2CCN(CC(F)(F)F)C2)n1. The van der Waals surface area contributed by atoms with Crippen LogP contribution in [0.15, 0.2) is 12.3 Å². The van der Waals surface area contributed by atoms with Crippen molar-refractivity contribution >= 4 is 11.8 Å². The van der Waals surface area contributed by atoms with Crippen LogP contribution in [0.1, 0.15) is 6.42 Å². The Morgan fingerprint density at radius 2 is 2.26 bits per heavy atom. The zero-order chi connectivity index (χ0) is 13.9. The summed E-state index contributed by atoms with van der Waals surface area (Å²) in [6, 6.07) is 1.58. The molecule has 3 N–H and O–H groups in total. The first-order valence-electron chi connectivity index (χ1n) is 6.04. The van der Waals surface area contributed by atoms with Crippen LogP contribution in [0.25, 0.3) is 0 Å². The van der Waals surface area contributed by atoms with Gasteiger partial charge in [-0.2, -0.15) is 18.2 Å². The van der Waals surface area contributed by atoms with E-state index in [1.807, 2.05) is 0 Å². The maximum atomic E-state index is 12.2. The number of alkyl halides is 3. The number of nitrogens with two attached hydrogens (primary N) is 1. The molecule has 0 spiro atoms. The molecular formula is C11H16F3N5. The molecule has 8 heteroatoms. The number of aromatic nitrogens is 2. The molecule has 1 aromatic heterocycles. The van der Waals surface area contributed by atoms with Crippen LogP contribution in [-0.2, 0) is 0 Å². The van der Waals surface area contributed by atoms with E-state index in [4.69, 9.17) is 5.73 Å². The molecule has 1 fully saturated rings. The van der Waals surface area contributed by atoms with Crippen LogP contribution in [0.5, 0.6) is 0 Å². The van der Waals surface area contributed by atoms with E-state index in [9.17, 15) is 13.2 Å². The normalized spacial score (nSPS) is 20.7. The van der Waals surface area contributed by atoms with Crippen molar-refractivity contribution in [3.05, 3.63) is 12.3 Å². The van der Waals surface area contributed by atoms with Crippen molar-refractivity contribution in [2.75, 3.05) is 37.2 Å². The molecule has 1 atom stereocenters. The van der Waals surface area contributed by atoms with E-state index in [0.717, 1.165) is 6.42 Å². The van der Waals surface area contributed by atoms with Crippen LogP contribution in [-0.4, -0.2) is 47.2 Å². The van der Waals surface area contributed by atoms with Crippen molar-refractivity contribution in [1.82, 2.24) is 14.9 Å². The maximum absolute atomic E-state index is 12.2. The van der Waals surface area contributed by atoms with Gasteiger partial charge in [-0.25, -0.2) is 4.98 Å². The van der Waals surface area contributed by atoms with Gasteiger partial charge in [-0.1, -0.05) is 0 Å². The van der Waals surface area contributed by atoms with Gasteiger partial charge in [0.1, 0.15) is 5.82 Å². The number of nitrogens with zero attached hydrogens (tertiary/aromatic N) is 3. The number of halogens is 3. The van der Waals surface area contributed by atoms with Crippen LogP contribution < -0.4 is 11.1 Å². The van der Waals surface area contributed by atoms with Crippen LogP contribution in [0.3, 0.4) is 0 Å². The molecule has 1 aliphatic heterocycles. The summed E-state index contributed by atoms with van der Waals surface area (Å²) in [6.45, 7) is 0.633. The van der Waals surface area contributed by atoms with Gasteiger partial charge in [-0.3, -0.25) is 4.90 Å². The van der Waals surface area contributed by atoms with Crippen molar-refractivity contribution in [3.63, 3.8) is 0 Å². The molecule has 1 saturated heterocycles. The maximum Gasteiger partial charge on any atom is 0.401 e. The van der Waals surface area contributed by atoms with E-state index in [1.165, 1.54) is 11.1 Å². The molecule has 106 valence electrons. The lowest BCUT2D eigenvalue weighted by Gasteiger charge is -2.18. The van der Waals surface area contributed by atoms with Gasteiger partial charge in [0, 0.05) is 19.3 Å². The Hall–Kier alpha value is -1.57. The molecule has 0 saturated carbocycles. The van der Waals surface area contributed by atoms with E-state index in [2.05, 4.69) is 15.3 Å². The van der Waals surface area contributed by atoms with Gasteiger partial charge in [0.2, 0.25) is 5.95 Å². The van der Waals surface area contributed by atoms with E-state index in [0.29, 0.717) is 31.4 Å². The predicted molar refractivity (Wildman–Crippen MR) is 65.5 cm³/mol. The van der Waals surface area contributed by atoms with Gasteiger partial charge in [0.25, 0.3) is 0 Å². The molecular weight excluding hydrogens is 259 g/mol. The van der Waals surface area contributed by atoms with Crippen LogP contribution >= 0.6 is 0 Å². The fourth-order valence-corrected chi connectivity index (χ4v) is 2.17. The fraction of sp³-hybridized carbons (Fsp3) is 0.636. The van der Waals surface area contributed by atoms with Crippen molar-refractivity contribution in [1.29, 1.82) is 0 Å². The molecule has 0 bridgehead atoms. The first-order valence-corrected chi connectivity index (χ1v) is 6.04. The van der Waals surface area contributed by atoms with Crippen molar-refractivity contribution < 1.29 is 13.2 Å². The quantitative estimate of drug-likeness (QED) is 0.868. The van der Waals surface area contributed by atoms with Crippen LogP contribution in [0.4, 0.5) is 24.9 Å². The number of hydrogen-bond donors (Lipinski definition) is 2. The van der Waals surface area contributed by atoms with Gasteiger partial charge >= 0.3 is 6.18 Å². The molecule has 1 aromatic rings. The van der Waals surface area contributed by atoms with E-state index < -0.39 is 12.7 Å². The van der Waals surface area contributed by atoms with Crippen molar-refractivity contribution in [2.45, 2.75) is 12.6 Å². The molecule has 0 amide bonds. The number of likely N-dealkylation sites (tertiary alicyclic amines) is 1. The topological polar surface area (TPSA) is 67.1 Å². The molecule has 5 nitrogen and oxygen atoms in total. The van der Waals surface area contributed by atoms with Crippen molar-refractivity contribution in [2.24, 2.45) is 5.92 Å². The van der Waals surface area contributed by atoms with Gasteiger partial charge in [-0.05, 0) is 24.9 Å². The molecule has 1 unspecified atom stereocenters. The average Bonchev–Trinajstić information content (AvgIpc) is 2.72. The third-order valence-corrected chi connectivity index (χ3v) is 3.00. The molecule has 2 rings (SSSR count). The number of rotatable bonds is 4. The summed E-state index contributed by atoms with van der Waals surface area (Å²) >= 11 is 0. The first kappa shape index (κ1) is 13.9. The smallest absolute Gasteiger partial charge is 0.384 e. The summed E-state index contributed by atoms with van der Waals surface area (Å²) in [5, 5.41) is 3.00. The summed E-state index contributed by atoms with van der Waals surface area (Å²) < 4.78 is 36.7. The molecule has 0 radical (unpaired) electrons. The lowest BCUT2D eigenvalue weighted by Crippen LogP contribution is -2.33. The standard InChI is InChI=1S/C11H16F3N5/c12-11(13,14)7-19-4-2-8(6-19)5-17-10-16-3-1-9(15)18-10/h1,3,8H,2,4-7H2,(H3,15,16,17,18). The highest BCUT2D eigenvalue weighted by molar-refractivity contribution is 5.34. The largest absolute Gasteiger partial charge is 0.401 e. The molecule has 19 heavy (non-hydrogen) atoms. The minimum absolute atomic E-state index is 0.174. The highest BCUT2D eigenvalue weighted by atomic mass is 19.4. The summed E-state index contributed by atoms with van der Waals surface area (Å²) in [5.74, 6) is 0.948. The lowest BCUT2D eigenvalue weighted by molar-refractivity contribution is -0.143. The number of hydrogen-bond acceptors (Lipinski definition) is 5. The van der Waals surface area contributed by atoms with Gasteiger partial charge in [0.15, 0.2) is 0 Å². The molecule has 0 aliphatic carbocycles. The second-order valence-electron chi connectivity index (χ2n) is 4.69. The highest BCUT2D eigenvalue weighted by Crippen LogP contribution is 2.22. The first-order chi connectivity index (χ1) is 8.92. The Kier molecular flexibility index (Phi) is 4.08. The van der Waals surface area contributed by atoms with Crippen LogP contribution in [0.2, 0.25) is 0 Å². The Morgan fingerprint density at radius 3 is 2.95 bits per heavy atom. The number of nitrogens with one attached hydrogen (secondary N) is 1. The Morgan fingerprint density at radius 1 is 1.47 bits per heavy atom. The van der Waals surface area contributed by atoms with E-state index >= 15 is 0 Å². The van der Waals surface area contributed by atoms with Crippen LogP contribution in [0, 0.1) is 5.92 Å². The second kappa shape index (κ2) is 5.60. The lowest BCUT2D eigenvalue weighted by atomic mass is 10.1. The second-order valence-corrected chi connectivity index (χ2v) is 4.69. The fourth-order valence-electron chi connectivity index (χ4n) is 2.17. The average molecular weight is 275 g/mol. The predicted octanol–water partition coefficient (Wildman–Crippen LogP) is 1.35. The zero-order valence-electron chi connectivity index (χ0n) is 10.3. The Labute approximate surface area is 109 Å². The van der Waals surface area contributed by atoms with Crippen molar-refractivity contribution in [3.8, 4) is 0 Å². The van der Waals surface area contributed by atoms with E-state index in [-0.39, 0.29) is 5.92 Å². The van der Waals surface area contributed by atoms with Gasteiger partial charge in [0.05, 0.1) is 6.54 Å². The number of anilines is 2. The third-order valence-electron chi connectivity index (χ3n) is 3.00. The Balaban J connectivity index is 1.76. The molecule has 0 aromatic carbocycles. The number of nitrogen functional groups attached to an aromatic ring is 1. The van der Waals surface area contributed by atoms with E-state index in [1.54, 1.807) is 6.07 Å². The molecule has 1 aliphatic rings. The summed E-state index contributed by atoms with van der Waals surface area (Å²) in [4.78, 5) is 9.38. The van der Waals surface area contributed by atoms with Gasteiger partial charge < -0.3 is 11.1 Å². The highest BCUT2D eigenvalue weighted by Gasteiger charge is 2.34. The Bertz CT molecular complexity index is 423. The zero-order valence-corrected chi connectivity index (χ0v) is 10.3. The monoisotopic (exact) mass is 275 g/mol. The third kappa shape index (κ3) is 4.55. The minimum Gasteiger partial charge on any atom is -0.384 e. The minimum atomic E-state index is -4.13. The summed E-state index contributed by atoms with van der Waals surface area (Å²) in [6.07, 6.45) is -1.85. The summed E-state index contributed by atoms with van der Waals surface area (Å²) in [5.41, 5.74) is 5.51.